The highest BCUT2D eigenvalue weighted by Crippen LogP contribution is 2.19. The highest BCUT2D eigenvalue weighted by Gasteiger charge is 2.12. The van der Waals surface area contributed by atoms with Crippen molar-refractivity contribution >= 4 is 11.7 Å². The monoisotopic (exact) mass is 339 g/mol. The highest BCUT2D eigenvalue weighted by atomic mass is 16.5. The van der Waals surface area contributed by atoms with Crippen LogP contribution in [-0.2, 0) is 4.79 Å². The molecule has 0 bridgehead atoms. The summed E-state index contributed by atoms with van der Waals surface area (Å²) in [5, 5.41) is 2.96. The summed E-state index contributed by atoms with van der Waals surface area (Å²) in [7, 11) is 0. The summed E-state index contributed by atoms with van der Waals surface area (Å²) in [6.45, 7) is 7.80. The number of hydrogen-bond acceptors (Lipinski definition) is 3. The van der Waals surface area contributed by atoms with Crippen molar-refractivity contribution in [1.82, 2.24) is 5.32 Å². The third kappa shape index (κ3) is 5.18. The molecule has 0 spiro atoms. The SMILES string of the molecule is CCC(=O)c1ccc(OCC(=O)N[C@@H](C)c2cc(C)ccc2C)cc1. The lowest BCUT2D eigenvalue weighted by Gasteiger charge is -2.17. The molecule has 132 valence electrons. The number of hydrogen-bond donors (Lipinski definition) is 1. The first-order valence-corrected chi connectivity index (χ1v) is 8.53. The minimum absolute atomic E-state index is 0.0593. The fourth-order valence-electron chi connectivity index (χ4n) is 2.68. The molecule has 0 heterocycles. The van der Waals surface area contributed by atoms with E-state index in [4.69, 9.17) is 4.74 Å². The smallest absolute Gasteiger partial charge is 0.258 e. The van der Waals surface area contributed by atoms with Gasteiger partial charge in [-0.15, -0.1) is 0 Å². The average Bonchev–Trinajstić information content (AvgIpc) is 2.61. The molecule has 1 atom stereocenters. The van der Waals surface area contributed by atoms with Gasteiger partial charge in [0.15, 0.2) is 12.4 Å². The van der Waals surface area contributed by atoms with Gasteiger partial charge in [-0.1, -0.05) is 30.7 Å². The number of carbonyl (C=O) groups is 2. The number of carbonyl (C=O) groups excluding carboxylic acids is 2. The second-order valence-electron chi connectivity index (χ2n) is 6.24. The summed E-state index contributed by atoms with van der Waals surface area (Å²) in [6, 6.07) is 13.0. The molecule has 0 aromatic heterocycles. The third-order valence-electron chi connectivity index (χ3n) is 4.15. The Labute approximate surface area is 149 Å². The van der Waals surface area contributed by atoms with Crippen LogP contribution < -0.4 is 10.1 Å². The molecule has 4 heteroatoms. The molecule has 2 rings (SSSR count). The summed E-state index contributed by atoms with van der Waals surface area (Å²) < 4.78 is 5.50. The molecule has 25 heavy (non-hydrogen) atoms. The Hall–Kier alpha value is -2.62. The maximum atomic E-state index is 12.1. The quantitative estimate of drug-likeness (QED) is 0.771. The average molecular weight is 339 g/mol. The van der Waals surface area contributed by atoms with E-state index in [0.29, 0.717) is 17.7 Å². The van der Waals surface area contributed by atoms with E-state index < -0.39 is 0 Å². The maximum Gasteiger partial charge on any atom is 0.258 e. The third-order valence-corrected chi connectivity index (χ3v) is 4.15. The van der Waals surface area contributed by atoms with Crippen molar-refractivity contribution in [2.75, 3.05) is 6.61 Å². The number of aryl methyl sites for hydroxylation is 2. The van der Waals surface area contributed by atoms with Crippen molar-refractivity contribution in [1.29, 1.82) is 0 Å². The van der Waals surface area contributed by atoms with Gasteiger partial charge in [-0.3, -0.25) is 9.59 Å². The van der Waals surface area contributed by atoms with Gasteiger partial charge in [-0.05, 0) is 56.2 Å². The van der Waals surface area contributed by atoms with Gasteiger partial charge in [0, 0.05) is 12.0 Å². The standard InChI is InChI=1S/C21H25NO3/c1-5-20(23)17-8-10-18(11-9-17)25-13-21(24)22-16(4)19-12-14(2)6-7-15(19)3/h6-12,16H,5,13H2,1-4H3,(H,22,24)/t16-/m0/s1. The predicted molar refractivity (Wildman–Crippen MR) is 99.0 cm³/mol. The molecule has 1 amide bonds. The zero-order chi connectivity index (χ0) is 18.4. The predicted octanol–water partition coefficient (Wildman–Crippen LogP) is 4.15. The number of amides is 1. The van der Waals surface area contributed by atoms with E-state index in [-0.39, 0.29) is 24.3 Å². The first kappa shape index (κ1) is 18.7. The van der Waals surface area contributed by atoms with Gasteiger partial charge in [0.25, 0.3) is 5.91 Å². The summed E-state index contributed by atoms with van der Waals surface area (Å²) in [4.78, 5) is 23.7. The molecule has 4 nitrogen and oxygen atoms in total. The summed E-state index contributed by atoms with van der Waals surface area (Å²) in [6.07, 6.45) is 0.471. The van der Waals surface area contributed by atoms with Crippen LogP contribution in [0.5, 0.6) is 5.75 Å². The molecule has 0 unspecified atom stereocenters. The van der Waals surface area contributed by atoms with E-state index >= 15 is 0 Å². The van der Waals surface area contributed by atoms with E-state index in [0.717, 1.165) is 11.1 Å². The molecule has 0 saturated heterocycles. The van der Waals surface area contributed by atoms with Crippen LogP contribution in [0, 0.1) is 13.8 Å². The van der Waals surface area contributed by atoms with E-state index in [1.165, 1.54) is 5.56 Å². The molecular formula is C21H25NO3. The van der Waals surface area contributed by atoms with E-state index in [1.54, 1.807) is 24.3 Å². The number of ketones is 1. The van der Waals surface area contributed by atoms with E-state index in [1.807, 2.05) is 27.7 Å². The Bertz CT molecular complexity index is 750. The zero-order valence-electron chi connectivity index (χ0n) is 15.3. The largest absolute Gasteiger partial charge is 0.484 e. The fourth-order valence-corrected chi connectivity index (χ4v) is 2.68. The molecule has 2 aromatic carbocycles. The Kier molecular flexibility index (Phi) is 6.34. The van der Waals surface area contributed by atoms with E-state index in [9.17, 15) is 9.59 Å². The van der Waals surface area contributed by atoms with Gasteiger partial charge in [-0.2, -0.15) is 0 Å². The van der Waals surface area contributed by atoms with Crippen LogP contribution in [0.25, 0.3) is 0 Å². The van der Waals surface area contributed by atoms with Gasteiger partial charge < -0.3 is 10.1 Å². The molecule has 0 saturated carbocycles. The van der Waals surface area contributed by atoms with Crippen LogP contribution in [0.2, 0.25) is 0 Å². The van der Waals surface area contributed by atoms with E-state index in [2.05, 4.69) is 23.5 Å². The zero-order valence-corrected chi connectivity index (χ0v) is 15.3. The van der Waals surface area contributed by atoms with Crippen LogP contribution >= 0.6 is 0 Å². The van der Waals surface area contributed by atoms with Crippen molar-refractivity contribution in [3.63, 3.8) is 0 Å². The second kappa shape index (κ2) is 8.47. The summed E-state index contributed by atoms with van der Waals surface area (Å²) >= 11 is 0. The molecule has 0 fully saturated rings. The number of benzene rings is 2. The van der Waals surface area contributed by atoms with Crippen molar-refractivity contribution in [2.24, 2.45) is 0 Å². The van der Waals surface area contributed by atoms with Gasteiger partial charge in [0.05, 0.1) is 6.04 Å². The van der Waals surface area contributed by atoms with Crippen LogP contribution in [0.15, 0.2) is 42.5 Å². The molecule has 1 N–H and O–H groups in total. The molecule has 0 aliphatic heterocycles. The maximum absolute atomic E-state index is 12.1. The lowest BCUT2D eigenvalue weighted by Crippen LogP contribution is -2.31. The summed E-state index contributed by atoms with van der Waals surface area (Å²) in [5.41, 5.74) is 4.08. The van der Waals surface area contributed by atoms with Crippen molar-refractivity contribution < 1.29 is 14.3 Å². The lowest BCUT2D eigenvalue weighted by atomic mass is 10.00. The molecular weight excluding hydrogens is 314 g/mol. The first-order valence-electron chi connectivity index (χ1n) is 8.53. The van der Waals surface area contributed by atoms with Crippen molar-refractivity contribution in [3.8, 4) is 5.75 Å². The Morgan fingerprint density at radius 1 is 1.08 bits per heavy atom. The van der Waals surface area contributed by atoms with Crippen LogP contribution in [0.4, 0.5) is 0 Å². The normalized spacial score (nSPS) is 11.7. The Morgan fingerprint density at radius 3 is 2.40 bits per heavy atom. The second-order valence-corrected chi connectivity index (χ2v) is 6.24. The van der Waals surface area contributed by atoms with Crippen molar-refractivity contribution in [2.45, 2.75) is 40.2 Å². The number of nitrogens with one attached hydrogen (secondary N) is 1. The topological polar surface area (TPSA) is 55.4 Å². The van der Waals surface area contributed by atoms with Gasteiger partial charge in [-0.25, -0.2) is 0 Å². The Balaban J connectivity index is 1.90. The lowest BCUT2D eigenvalue weighted by molar-refractivity contribution is -0.123. The molecule has 0 aliphatic rings. The Morgan fingerprint density at radius 2 is 1.76 bits per heavy atom. The van der Waals surface area contributed by atoms with Crippen LogP contribution in [-0.4, -0.2) is 18.3 Å². The van der Waals surface area contributed by atoms with Gasteiger partial charge in [0.1, 0.15) is 5.75 Å². The van der Waals surface area contributed by atoms with Crippen molar-refractivity contribution in [3.05, 3.63) is 64.7 Å². The molecule has 0 radical (unpaired) electrons. The van der Waals surface area contributed by atoms with Crippen LogP contribution in [0.3, 0.4) is 0 Å². The van der Waals surface area contributed by atoms with Gasteiger partial charge in [0.2, 0.25) is 0 Å². The number of rotatable bonds is 7. The first-order chi connectivity index (χ1) is 11.9. The fraction of sp³-hybridized carbons (Fsp3) is 0.333. The molecule has 2 aromatic rings. The highest BCUT2D eigenvalue weighted by molar-refractivity contribution is 5.95. The van der Waals surface area contributed by atoms with Gasteiger partial charge >= 0.3 is 0 Å². The molecule has 0 aliphatic carbocycles. The minimum Gasteiger partial charge on any atom is -0.484 e. The number of ether oxygens (including phenoxy) is 1. The summed E-state index contributed by atoms with van der Waals surface area (Å²) in [5.74, 6) is 0.482. The minimum atomic E-state index is -0.179. The number of Topliss-reactive ketones (excluding diaryl/α,β-unsaturated/α-hetero) is 1. The van der Waals surface area contributed by atoms with Crippen LogP contribution in [0.1, 0.15) is 53.4 Å².